The Hall–Kier alpha value is -4.07. The van der Waals surface area contributed by atoms with Crippen molar-refractivity contribution in [3.8, 4) is 17.0 Å². The van der Waals surface area contributed by atoms with Crippen LogP contribution in [0.4, 0.5) is 5.82 Å². The molecular weight excluding hydrogens is 416 g/mol. The quantitative estimate of drug-likeness (QED) is 0.446. The smallest absolute Gasteiger partial charge is 0.251 e. The third-order valence-corrected chi connectivity index (χ3v) is 5.57. The highest BCUT2D eigenvalue weighted by Gasteiger charge is 2.19. The van der Waals surface area contributed by atoms with Gasteiger partial charge in [0.25, 0.3) is 5.91 Å². The number of nitrogens with one attached hydrogen (secondary N) is 2. The first kappa shape index (κ1) is 22.1. The number of rotatable bonds is 7. The maximum Gasteiger partial charge on any atom is 0.251 e. The first-order chi connectivity index (χ1) is 16.0. The molecule has 8 nitrogen and oxygen atoms in total. The average Bonchev–Trinajstić information content (AvgIpc) is 2.86. The molecule has 168 valence electrons. The molecule has 2 N–H and O–H groups in total. The van der Waals surface area contributed by atoms with Gasteiger partial charge in [0.15, 0.2) is 0 Å². The largest absolute Gasteiger partial charge is 0.496 e. The van der Waals surface area contributed by atoms with Crippen LogP contribution in [0.1, 0.15) is 34.5 Å². The van der Waals surface area contributed by atoms with Gasteiger partial charge in [-0.1, -0.05) is 13.0 Å². The molecule has 1 atom stereocenters. The van der Waals surface area contributed by atoms with Crippen LogP contribution in [0.3, 0.4) is 0 Å². The summed E-state index contributed by atoms with van der Waals surface area (Å²) in [6.07, 6.45) is 5.01. The maximum absolute atomic E-state index is 12.4. The van der Waals surface area contributed by atoms with E-state index in [4.69, 9.17) is 4.74 Å². The molecule has 0 aliphatic carbocycles. The molecule has 0 fully saturated rings. The molecule has 0 bridgehead atoms. The van der Waals surface area contributed by atoms with E-state index in [1.54, 1.807) is 32.7 Å². The lowest BCUT2D eigenvalue weighted by Crippen LogP contribution is -2.19. The van der Waals surface area contributed by atoms with Crippen molar-refractivity contribution in [2.45, 2.75) is 19.8 Å². The Morgan fingerprint density at radius 1 is 1.09 bits per heavy atom. The van der Waals surface area contributed by atoms with Crippen molar-refractivity contribution in [3.63, 3.8) is 0 Å². The molecule has 33 heavy (non-hydrogen) atoms. The summed E-state index contributed by atoms with van der Waals surface area (Å²) in [5.41, 5.74) is 5.00. The van der Waals surface area contributed by atoms with E-state index in [0.717, 1.165) is 33.8 Å². The SMILES string of the molecule is CNC(=O)c1ccnc2c([C@H](C)CNc3cc(-c4ccc(C)nc4)ncn3)ccc(OC)c12. The Morgan fingerprint density at radius 2 is 1.94 bits per heavy atom. The first-order valence-electron chi connectivity index (χ1n) is 10.7. The lowest BCUT2D eigenvalue weighted by atomic mass is 9.95. The van der Waals surface area contributed by atoms with Crippen LogP contribution in [-0.4, -0.2) is 46.5 Å². The number of pyridine rings is 2. The predicted molar refractivity (Wildman–Crippen MR) is 129 cm³/mol. The second-order valence-corrected chi connectivity index (χ2v) is 7.78. The zero-order chi connectivity index (χ0) is 23.4. The number of hydrogen-bond donors (Lipinski definition) is 2. The number of aryl methyl sites for hydroxylation is 1. The standard InChI is InChI=1S/C25H26N6O2/c1-15(12-29-22-11-20(30-14-31-22)17-6-5-16(2)28-13-17)18-7-8-21(33-4)23-19(25(32)26-3)9-10-27-24(18)23/h5-11,13-15H,12H2,1-4H3,(H,26,32)(H,29,30,31)/t15-/m1/s1. The molecule has 3 aromatic heterocycles. The van der Waals surface area contributed by atoms with Crippen LogP contribution in [0.25, 0.3) is 22.2 Å². The van der Waals surface area contributed by atoms with Crippen LogP contribution >= 0.6 is 0 Å². The Balaban J connectivity index is 1.60. The number of methoxy groups -OCH3 is 1. The van der Waals surface area contributed by atoms with Crippen molar-refractivity contribution in [1.82, 2.24) is 25.3 Å². The number of aromatic nitrogens is 4. The molecule has 1 aromatic carbocycles. The summed E-state index contributed by atoms with van der Waals surface area (Å²) < 4.78 is 5.53. The number of ether oxygens (including phenoxy) is 1. The third kappa shape index (κ3) is 4.59. The van der Waals surface area contributed by atoms with Gasteiger partial charge in [-0.3, -0.25) is 14.8 Å². The van der Waals surface area contributed by atoms with Crippen molar-refractivity contribution in [2.24, 2.45) is 0 Å². The number of carbonyl (C=O) groups excluding carboxylic acids is 1. The monoisotopic (exact) mass is 442 g/mol. The molecule has 0 saturated carbocycles. The molecule has 4 aromatic rings. The van der Waals surface area contributed by atoms with Crippen molar-refractivity contribution >= 4 is 22.6 Å². The molecule has 0 aliphatic rings. The second kappa shape index (κ2) is 9.60. The van der Waals surface area contributed by atoms with Gasteiger partial charge in [-0.2, -0.15) is 0 Å². The molecule has 1 amide bonds. The van der Waals surface area contributed by atoms with Gasteiger partial charge in [-0.15, -0.1) is 0 Å². The highest BCUT2D eigenvalue weighted by Crippen LogP contribution is 2.33. The highest BCUT2D eigenvalue weighted by molar-refractivity contribution is 6.09. The highest BCUT2D eigenvalue weighted by atomic mass is 16.5. The fourth-order valence-electron chi connectivity index (χ4n) is 3.75. The zero-order valence-electron chi connectivity index (χ0n) is 19.1. The number of anilines is 1. The Bertz CT molecular complexity index is 1290. The number of amides is 1. The van der Waals surface area contributed by atoms with Gasteiger partial charge in [-0.05, 0) is 36.8 Å². The second-order valence-electron chi connectivity index (χ2n) is 7.78. The molecule has 8 heteroatoms. The van der Waals surface area contributed by atoms with Gasteiger partial charge in [0.05, 0.1) is 29.3 Å². The number of hydrogen-bond acceptors (Lipinski definition) is 7. The zero-order valence-corrected chi connectivity index (χ0v) is 19.1. The third-order valence-electron chi connectivity index (χ3n) is 5.57. The number of benzene rings is 1. The summed E-state index contributed by atoms with van der Waals surface area (Å²) >= 11 is 0. The van der Waals surface area contributed by atoms with Crippen molar-refractivity contribution in [1.29, 1.82) is 0 Å². The minimum Gasteiger partial charge on any atom is -0.496 e. The summed E-state index contributed by atoms with van der Waals surface area (Å²) in [4.78, 5) is 30.1. The Kier molecular flexibility index (Phi) is 6.44. The van der Waals surface area contributed by atoms with E-state index < -0.39 is 0 Å². The van der Waals surface area contributed by atoms with Gasteiger partial charge >= 0.3 is 0 Å². The molecule has 0 unspecified atom stereocenters. The lowest BCUT2D eigenvalue weighted by Gasteiger charge is -2.18. The van der Waals surface area contributed by atoms with Crippen molar-refractivity contribution in [2.75, 3.05) is 26.0 Å². The minimum absolute atomic E-state index is 0.0882. The summed E-state index contributed by atoms with van der Waals surface area (Å²) in [5.74, 6) is 1.25. The van der Waals surface area contributed by atoms with Crippen LogP contribution in [0, 0.1) is 6.92 Å². The number of carbonyl (C=O) groups is 1. The topological polar surface area (TPSA) is 102 Å². The van der Waals surface area contributed by atoms with E-state index >= 15 is 0 Å². The normalized spacial score (nSPS) is 11.8. The van der Waals surface area contributed by atoms with Crippen LogP contribution in [0.2, 0.25) is 0 Å². The van der Waals surface area contributed by atoms with E-state index in [1.807, 2.05) is 43.5 Å². The average molecular weight is 443 g/mol. The maximum atomic E-state index is 12.4. The Morgan fingerprint density at radius 3 is 2.67 bits per heavy atom. The number of fused-ring (bicyclic) bond motifs is 1. The summed E-state index contributed by atoms with van der Waals surface area (Å²) in [6, 6.07) is 11.5. The van der Waals surface area contributed by atoms with Gasteiger partial charge in [0, 0.05) is 49.2 Å². The first-order valence-corrected chi connectivity index (χ1v) is 10.7. The molecule has 0 spiro atoms. The molecule has 3 heterocycles. The van der Waals surface area contributed by atoms with Gasteiger partial charge in [0.2, 0.25) is 0 Å². The van der Waals surface area contributed by atoms with Crippen molar-refractivity contribution < 1.29 is 9.53 Å². The minimum atomic E-state index is -0.178. The fraction of sp³-hybridized carbons (Fsp3) is 0.240. The fourth-order valence-corrected chi connectivity index (χ4v) is 3.75. The van der Waals surface area contributed by atoms with Gasteiger partial charge < -0.3 is 15.4 Å². The molecule has 4 rings (SSSR count). The summed E-state index contributed by atoms with van der Waals surface area (Å²) in [6.45, 7) is 4.68. The van der Waals surface area contributed by atoms with Crippen molar-refractivity contribution in [3.05, 3.63) is 71.9 Å². The number of nitrogens with zero attached hydrogens (tertiary/aromatic N) is 4. The molecular formula is C25H26N6O2. The predicted octanol–water partition coefficient (Wildman–Crippen LogP) is 3.98. The Labute approximate surface area is 192 Å². The molecule has 0 aliphatic heterocycles. The van der Waals surface area contributed by atoms with Crippen LogP contribution in [0.15, 0.2) is 55.1 Å². The van der Waals surface area contributed by atoms with E-state index in [1.165, 1.54) is 0 Å². The van der Waals surface area contributed by atoms with Crippen LogP contribution in [-0.2, 0) is 0 Å². The lowest BCUT2D eigenvalue weighted by molar-refractivity contribution is 0.0964. The van der Waals surface area contributed by atoms with E-state index in [9.17, 15) is 4.79 Å². The van der Waals surface area contributed by atoms with Gasteiger partial charge in [0.1, 0.15) is 17.9 Å². The summed E-state index contributed by atoms with van der Waals surface area (Å²) in [5, 5.41) is 6.79. The molecule has 0 radical (unpaired) electrons. The van der Waals surface area contributed by atoms with Crippen LogP contribution in [0.5, 0.6) is 5.75 Å². The van der Waals surface area contributed by atoms with E-state index in [0.29, 0.717) is 23.2 Å². The van der Waals surface area contributed by atoms with E-state index in [2.05, 4.69) is 37.5 Å². The summed E-state index contributed by atoms with van der Waals surface area (Å²) in [7, 11) is 3.20. The van der Waals surface area contributed by atoms with E-state index in [-0.39, 0.29) is 11.8 Å². The van der Waals surface area contributed by atoms with Crippen LogP contribution < -0.4 is 15.4 Å². The van der Waals surface area contributed by atoms with Gasteiger partial charge in [-0.25, -0.2) is 9.97 Å². The molecule has 0 saturated heterocycles.